The van der Waals surface area contributed by atoms with Crippen LogP contribution in [0.25, 0.3) is 0 Å². The zero-order chi connectivity index (χ0) is 15.9. The number of nitrogens with zero attached hydrogens (tertiary/aromatic N) is 1. The maximum absolute atomic E-state index is 12.3. The Morgan fingerprint density at radius 3 is 2.15 bits per heavy atom. The lowest BCUT2D eigenvalue weighted by molar-refractivity contribution is -0.146. The normalized spacial score (nSPS) is 12.6. The van der Waals surface area contributed by atoms with Crippen LogP contribution in [0.4, 0.5) is 18.0 Å². The van der Waals surface area contributed by atoms with E-state index in [1.807, 2.05) is 0 Å². The Labute approximate surface area is 112 Å². The smallest absolute Gasteiger partial charge is 0.406 e. The van der Waals surface area contributed by atoms with E-state index in [4.69, 9.17) is 10.2 Å². The number of carboxylic acids is 2. The van der Waals surface area contributed by atoms with Crippen LogP contribution in [0.3, 0.4) is 0 Å². The summed E-state index contributed by atoms with van der Waals surface area (Å²) in [6.45, 7) is -0.223. The minimum absolute atomic E-state index is 0.231. The number of rotatable bonds is 7. The quantitative estimate of drug-likeness (QED) is 0.647. The molecule has 0 saturated heterocycles. The molecule has 0 fully saturated rings. The monoisotopic (exact) mass is 300 g/mol. The van der Waals surface area contributed by atoms with Gasteiger partial charge in [0.1, 0.15) is 12.6 Å². The van der Waals surface area contributed by atoms with Crippen molar-refractivity contribution in [3.05, 3.63) is 0 Å². The largest absolute Gasteiger partial charge is 0.481 e. The standard InChI is InChI=1S/C10H15F3N2O5/c1-2-3-15(5-10(11,12)13)9(20)14-6(8(18)19)4-7(16)17/h6H,2-5H2,1H3,(H,14,20)(H,16,17)(H,18,19)/t6-/m0/s1. The number of aliphatic carboxylic acids is 2. The molecule has 0 rings (SSSR count). The van der Waals surface area contributed by atoms with E-state index in [1.54, 1.807) is 12.2 Å². The zero-order valence-electron chi connectivity index (χ0n) is 10.6. The first-order chi connectivity index (χ1) is 9.06. The van der Waals surface area contributed by atoms with Crippen LogP contribution in [0.5, 0.6) is 0 Å². The van der Waals surface area contributed by atoms with Gasteiger partial charge in [-0.2, -0.15) is 13.2 Å². The molecule has 0 aliphatic heterocycles. The van der Waals surface area contributed by atoms with Crippen molar-refractivity contribution < 1.29 is 37.8 Å². The second-order valence-corrected chi connectivity index (χ2v) is 3.97. The second-order valence-electron chi connectivity index (χ2n) is 3.97. The van der Waals surface area contributed by atoms with E-state index in [0.717, 1.165) is 0 Å². The number of carbonyl (C=O) groups is 3. The van der Waals surface area contributed by atoms with Gasteiger partial charge >= 0.3 is 24.1 Å². The Morgan fingerprint density at radius 2 is 1.80 bits per heavy atom. The van der Waals surface area contributed by atoms with E-state index in [1.165, 1.54) is 0 Å². The first-order valence-electron chi connectivity index (χ1n) is 5.63. The first kappa shape index (κ1) is 18.0. The molecule has 2 amide bonds. The van der Waals surface area contributed by atoms with E-state index in [9.17, 15) is 27.6 Å². The average Bonchev–Trinajstić information content (AvgIpc) is 2.24. The van der Waals surface area contributed by atoms with E-state index >= 15 is 0 Å². The van der Waals surface area contributed by atoms with Gasteiger partial charge in [0, 0.05) is 6.54 Å². The molecule has 0 unspecified atom stereocenters. The van der Waals surface area contributed by atoms with Crippen LogP contribution < -0.4 is 5.32 Å². The first-order valence-corrected chi connectivity index (χ1v) is 5.63. The number of alkyl halides is 3. The van der Waals surface area contributed by atoms with Crippen LogP contribution in [-0.4, -0.2) is 58.4 Å². The van der Waals surface area contributed by atoms with Crippen molar-refractivity contribution in [3.8, 4) is 0 Å². The molecular weight excluding hydrogens is 285 g/mol. The van der Waals surface area contributed by atoms with Crippen LogP contribution >= 0.6 is 0 Å². The Hall–Kier alpha value is -2.00. The molecule has 0 aromatic carbocycles. The number of urea groups is 1. The third-order valence-corrected chi connectivity index (χ3v) is 2.13. The fourth-order valence-corrected chi connectivity index (χ4v) is 1.35. The SMILES string of the molecule is CCCN(CC(F)(F)F)C(=O)N[C@@H](CC(=O)O)C(=O)O. The minimum Gasteiger partial charge on any atom is -0.481 e. The lowest BCUT2D eigenvalue weighted by Crippen LogP contribution is -2.51. The highest BCUT2D eigenvalue weighted by Crippen LogP contribution is 2.16. The molecule has 7 nitrogen and oxygen atoms in total. The summed E-state index contributed by atoms with van der Waals surface area (Å²) in [5.74, 6) is -3.13. The lowest BCUT2D eigenvalue weighted by atomic mass is 10.2. The van der Waals surface area contributed by atoms with Crippen molar-refractivity contribution in [3.63, 3.8) is 0 Å². The van der Waals surface area contributed by atoms with Gasteiger partial charge < -0.3 is 20.4 Å². The molecule has 116 valence electrons. The van der Waals surface area contributed by atoms with Crippen molar-refractivity contribution in [1.82, 2.24) is 10.2 Å². The van der Waals surface area contributed by atoms with Gasteiger partial charge in [-0.3, -0.25) is 4.79 Å². The van der Waals surface area contributed by atoms with E-state index in [0.29, 0.717) is 4.90 Å². The van der Waals surface area contributed by atoms with Crippen molar-refractivity contribution in [2.75, 3.05) is 13.1 Å². The third-order valence-electron chi connectivity index (χ3n) is 2.13. The summed E-state index contributed by atoms with van der Waals surface area (Å²) in [5, 5.41) is 18.9. The second kappa shape index (κ2) is 7.56. The van der Waals surface area contributed by atoms with Gasteiger partial charge in [-0.25, -0.2) is 9.59 Å². The summed E-state index contributed by atoms with van der Waals surface area (Å²) in [7, 11) is 0. The molecule has 0 aliphatic rings. The average molecular weight is 300 g/mol. The maximum atomic E-state index is 12.3. The molecule has 10 heteroatoms. The molecule has 0 radical (unpaired) electrons. The molecule has 0 spiro atoms. The summed E-state index contributed by atoms with van der Waals surface area (Å²) >= 11 is 0. The fourth-order valence-electron chi connectivity index (χ4n) is 1.35. The fraction of sp³-hybridized carbons (Fsp3) is 0.700. The van der Waals surface area contributed by atoms with Gasteiger partial charge in [-0.15, -0.1) is 0 Å². The summed E-state index contributed by atoms with van der Waals surface area (Å²) in [4.78, 5) is 33.1. The molecule has 3 N–H and O–H groups in total. The Kier molecular flexibility index (Phi) is 6.80. The Bertz CT molecular complexity index is 372. The van der Waals surface area contributed by atoms with Crippen molar-refractivity contribution in [2.45, 2.75) is 32.0 Å². The van der Waals surface area contributed by atoms with Gasteiger partial charge in [-0.05, 0) is 6.42 Å². The molecule has 0 aromatic heterocycles. The lowest BCUT2D eigenvalue weighted by Gasteiger charge is -2.25. The molecule has 0 heterocycles. The zero-order valence-corrected chi connectivity index (χ0v) is 10.6. The summed E-state index contributed by atoms with van der Waals surface area (Å²) < 4.78 is 36.8. The van der Waals surface area contributed by atoms with E-state index in [-0.39, 0.29) is 13.0 Å². The summed E-state index contributed by atoms with van der Waals surface area (Å²) in [6.07, 6.45) is -5.31. The van der Waals surface area contributed by atoms with Crippen molar-refractivity contribution in [1.29, 1.82) is 0 Å². The molecular formula is C10H15F3N2O5. The van der Waals surface area contributed by atoms with Gasteiger partial charge in [0.15, 0.2) is 0 Å². The number of carboxylic acid groups (broad SMARTS) is 2. The maximum Gasteiger partial charge on any atom is 0.406 e. The Balaban J connectivity index is 4.79. The molecule has 0 bridgehead atoms. The van der Waals surface area contributed by atoms with Crippen molar-refractivity contribution in [2.24, 2.45) is 0 Å². The van der Waals surface area contributed by atoms with Crippen LogP contribution in [0.1, 0.15) is 19.8 Å². The number of hydrogen-bond donors (Lipinski definition) is 3. The van der Waals surface area contributed by atoms with Crippen LogP contribution in [0.2, 0.25) is 0 Å². The highest BCUT2D eigenvalue weighted by atomic mass is 19.4. The molecule has 0 saturated carbocycles. The van der Waals surface area contributed by atoms with E-state index in [2.05, 4.69) is 0 Å². The number of hydrogen-bond acceptors (Lipinski definition) is 3. The predicted octanol–water partition coefficient (Wildman–Crippen LogP) is 0.898. The number of nitrogens with one attached hydrogen (secondary N) is 1. The third kappa shape index (κ3) is 7.44. The van der Waals surface area contributed by atoms with Gasteiger partial charge in [0.05, 0.1) is 6.42 Å². The van der Waals surface area contributed by atoms with E-state index < -0.39 is 43.2 Å². The topological polar surface area (TPSA) is 107 Å². The summed E-state index contributed by atoms with van der Waals surface area (Å²) in [6, 6.07) is -3.05. The molecule has 0 aromatic rings. The number of halogens is 3. The number of amides is 2. The van der Waals surface area contributed by atoms with Crippen LogP contribution in [-0.2, 0) is 9.59 Å². The van der Waals surface area contributed by atoms with Gasteiger partial charge in [0.25, 0.3) is 0 Å². The molecule has 0 aliphatic carbocycles. The van der Waals surface area contributed by atoms with Crippen LogP contribution in [0, 0.1) is 0 Å². The molecule has 20 heavy (non-hydrogen) atoms. The van der Waals surface area contributed by atoms with Crippen LogP contribution in [0.15, 0.2) is 0 Å². The van der Waals surface area contributed by atoms with Crippen molar-refractivity contribution >= 4 is 18.0 Å². The highest BCUT2D eigenvalue weighted by molar-refractivity contribution is 5.86. The predicted molar refractivity (Wildman–Crippen MR) is 60.1 cm³/mol. The highest BCUT2D eigenvalue weighted by Gasteiger charge is 2.34. The Morgan fingerprint density at radius 1 is 1.25 bits per heavy atom. The molecule has 1 atom stereocenters. The van der Waals surface area contributed by atoms with Gasteiger partial charge in [0.2, 0.25) is 0 Å². The minimum atomic E-state index is -4.63. The number of carbonyl (C=O) groups excluding carboxylic acids is 1. The van der Waals surface area contributed by atoms with Gasteiger partial charge in [-0.1, -0.05) is 6.92 Å². The summed E-state index contributed by atoms with van der Waals surface area (Å²) in [5.41, 5.74) is 0.